The van der Waals surface area contributed by atoms with Gasteiger partial charge in [0.2, 0.25) is 5.91 Å². The first-order valence-corrected chi connectivity index (χ1v) is 10.4. The zero-order valence-electron chi connectivity index (χ0n) is 16.9. The highest BCUT2D eigenvalue weighted by atomic mass is 32.2. The molecule has 0 bridgehead atoms. The van der Waals surface area contributed by atoms with Crippen LogP contribution >= 0.6 is 11.8 Å². The van der Waals surface area contributed by atoms with Gasteiger partial charge in [0.25, 0.3) is 5.56 Å². The van der Waals surface area contributed by atoms with Gasteiger partial charge in [-0.15, -0.1) is 0 Å². The van der Waals surface area contributed by atoms with E-state index in [1.165, 1.54) is 17.8 Å². The van der Waals surface area contributed by atoms with Crippen molar-refractivity contribution in [3.63, 3.8) is 0 Å². The highest BCUT2D eigenvalue weighted by molar-refractivity contribution is 8.00. The number of aryl methyl sites for hydroxylation is 1. The molecule has 3 aromatic rings. The molecule has 1 N–H and O–H groups in total. The lowest BCUT2D eigenvalue weighted by Gasteiger charge is -2.20. The van der Waals surface area contributed by atoms with Gasteiger partial charge in [-0.1, -0.05) is 36.9 Å². The van der Waals surface area contributed by atoms with Gasteiger partial charge >= 0.3 is 0 Å². The van der Waals surface area contributed by atoms with Crippen LogP contribution in [0.4, 0.5) is 10.1 Å². The van der Waals surface area contributed by atoms with Crippen LogP contribution in [0.2, 0.25) is 0 Å². The smallest absolute Gasteiger partial charge is 0.262 e. The first kappa shape index (κ1) is 21.0. The third-order valence-corrected chi connectivity index (χ3v) is 5.96. The Morgan fingerprint density at radius 2 is 1.97 bits per heavy atom. The molecule has 0 radical (unpaired) electrons. The maximum atomic E-state index is 13.7. The zero-order valence-corrected chi connectivity index (χ0v) is 17.7. The van der Waals surface area contributed by atoms with Gasteiger partial charge in [-0.25, -0.2) is 9.37 Å². The standard InChI is InChI=1S/C22H24FN3O2S/c1-5-14(3)26-21(28)17-8-6-7-9-19(17)25-22(26)29-15(4)20(27)24-16-11-10-13(2)18(23)12-16/h6-12,14-15H,5H2,1-4H3,(H,24,27)/t14-,15+/m1/s1. The topological polar surface area (TPSA) is 64.0 Å². The van der Waals surface area contributed by atoms with Crippen LogP contribution in [-0.4, -0.2) is 20.7 Å². The highest BCUT2D eigenvalue weighted by Crippen LogP contribution is 2.26. The summed E-state index contributed by atoms with van der Waals surface area (Å²) in [4.78, 5) is 30.3. The van der Waals surface area contributed by atoms with Crippen LogP contribution in [0.25, 0.3) is 10.9 Å². The molecule has 3 rings (SSSR count). The summed E-state index contributed by atoms with van der Waals surface area (Å²) in [5.41, 5.74) is 1.41. The Balaban J connectivity index is 1.90. The second kappa shape index (κ2) is 8.78. The fourth-order valence-electron chi connectivity index (χ4n) is 2.91. The lowest BCUT2D eigenvalue weighted by Crippen LogP contribution is -2.28. The normalized spacial score (nSPS) is 13.3. The minimum absolute atomic E-state index is 0.0523. The number of benzene rings is 2. The third-order valence-electron chi connectivity index (χ3n) is 4.90. The number of hydrogen-bond acceptors (Lipinski definition) is 4. The summed E-state index contributed by atoms with van der Waals surface area (Å²) in [6.07, 6.45) is 0.761. The number of halogens is 1. The van der Waals surface area contributed by atoms with Crippen molar-refractivity contribution < 1.29 is 9.18 Å². The van der Waals surface area contributed by atoms with E-state index in [2.05, 4.69) is 10.3 Å². The molecule has 2 aromatic carbocycles. The minimum atomic E-state index is -0.525. The Morgan fingerprint density at radius 3 is 2.66 bits per heavy atom. The molecule has 0 saturated heterocycles. The molecule has 0 aliphatic heterocycles. The first-order valence-electron chi connectivity index (χ1n) is 9.56. The number of anilines is 1. The van der Waals surface area contributed by atoms with Crippen LogP contribution in [0.5, 0.6) is 0 Å². The summed E-state index contributed by atoms with van der Waals surface area (Å²) in [5.74, 6) is -0.652. The van der Waals surface area contributed by atoms with E-state index in [-0.39, 0.29) is 23.3 Å². The largest absolute Gasteiger partial charge is 0.325 e. The van der Waals surface area contributed by atoms with E-state index in [1.807, 2.05) is 26.0 Å². The van der Waals surface area contributed by atoms with Gasteiger partial charge in [0.15, 0.2) is 5.16 Å². The molecule has 1 amide bonds. The van der Waals surface area contributed by atoms with E-state index in [1.54, 1.807) is 42.7 Å². The van der Waals surface area contributed by atoms with Crippen LogP contribution < -0.4 is 10.9 Å². The maximum absolute atomic E-state index is 13.7. The Labute approximate surface area is 173 Å². The van der Waals surface area contributed by atoms with Gasteiger partial charge < -0.3 is 5.32 Å². The van der Waals surface area contributed by atoms with Crippen molar-refractivity contribution in [3.05, 3.63) is 64.2 Å². The summed E-state index contributed by atoms with van der Waals surface area (Å²) in [5, 5.41) is 3.26. The molecule has 0 aliphatic rings. The van der Waals surface area contributed by atoms with Crippen molar-refractivity contribution in [2.75, 3.05) is 5.32 Å². The summed E-state index contributed by atoms with van der Waals surface area (Å²) < 4.78 is 15.4. The van der Waals surface area contributed by atoms with Crippen molar-refractivity contribution in [2.24, 2.45) is 0 Å². The maximum Gasteiger partial charge on any atom is 0.262 e. The van der Waals surface area contributed by atoms with Gasteiger partial charge in [0.05, 0.1) is 16.2 Å². The number of carbonyl (C=O) groups is 1. The van der Waals surface area contributed by atoms with E-state index in [4.69, 9.17) is 0 Å². The number of rotatable bonds is 6. The summed E-state index contributed by atoms with van der Waals surface area (Å²) in [7, 11) is 0. The van der Waals surface area contributed by atoms with Gasteiger partial charge in [-0.2, -0.15) is 0 Å². The average molecular weight is 414 g/mol. The Bertz CT molecular complexity index is 1110. The molecule has 0 unspecified atom stereocenters. The molecule has 0 fully saturated rings. The molecule has 5 nitrogen and oxygen atoms in total. The molecule has 1 heterocycles. The van der Waals surface area contributed by atoms with E-state index in [9.17, 15) is 14.0 Å². The van der Waals surface area contributed by atoms with E-state index in [0.717, 1.165) is 6.42 Å². The van der Waals surface area contributed by atoms with Crippen molar-refractivity contribution in [3.8, 4) is 0 Å². The molecular weight excluding hydrogens is 389 g/mol. The van der Waals surface area contributed by atoms with Crippen LogP contribution in [0.3, 0.4) is 0 Å². The lowest BCUT2D eigenvalue weighted by atomic mass is 10.2. The lowest BCUT2D eigenvalue weighted by molar-refractivity contribution is -0.115. The summed E-state index contributed by atoms with van der Waals surface area (Å²) in [6.45, 7) is 7.37. The number of thioether (sulfide) groups is 1. The summed E-state index contributed by atoms with van der Waals surface area (Å²) >= 11 is 1.22. The van der Waals surface area contributed by atoms with Gasteiger partial charge in [0, 0.05) is 11.7 Å². The predicted molar refractivity (Wildman–Crippen MR) is 116 cm³/mol. The monoisotopic (exact) mass is 413 g/mol. The second-order valence-electron chi connectivity index (χ2n) is 7.06. The first-order chi connectivity index (χ1) is 13.8. The summed E-state index contributed by atoms with van der Waals surface area (Å²) in [6, 6.07) is 11.7. The van der Waals surface area contributed by atoms with E-state index < -0.39 is 5.25 Å². The SMILES string of the molecule is CC[C@@H](C)n1c(S[C@@H](C)C(=O)Nc2ccc(C)c(F)c2)nc2ccccc2c1=O. The highest BCUT2D eigenvalue weighted by Gasteiger charge is 2.21. The fraction of sp³-hybridized carbons (Fsp3) is 0.318. The van der Waals surface area contributed by atoms with Crippen LogP contribution in [0.1, 0.15) is 38.8 Å². The number of carbonyl (C=O) groups excluding carboxylic acids is 1. The third kappa shape index (κ3) is 4.50. The van der Waals surface area contributed by atoms with Crippen LogP contribution in [0, 0.1) is 12.7 Å². The van der Waals surface area contributed by atoms with Crippen molar-refractivity contribution in [1.82, 2.24) is 9.55 Å². The molecular formula is C22H24FN3O2S. The molecule has 0 spiro atoms. The number of fused-ring (bicyclic) bond motifs is 1. The molecule has 0 aliphatic carbocycles. The fourth-order valence-corrected chi connectivity index (χ4v) is 3.92. The van der Waals surface area contributed by atoms with Gasteiger partial charge in [0.1, 0.15) is 5.82 Å². The van der Waals surface area contributed by atoms with Crippen LogP contribution in [0.15, 0.2) is 52.4 Å². The average Bonchev–Trinajstić information content (AvgIpc) is 2.70. The molecule has 1 aromatic heterocycles. The van der Waals surface area contributed by atoms with Gasteiger partial charge in [-0.3, -0.25) is 14.2 Å². The molecule has 7 heteroatoms. The molecule has 152 valence electrons. The van der Waals surface area contributed by atoms with Crippen LogP contribution in [-0.2, 0) is 4.79 Å². The predicted octanol–water partition coefficient (Wildman–Crippen LogP) is 4.93. The zero-order chi connectivity index (χ0) is 21.1. The second-order valence-corrected chi connectivity index (χ2v) is 8.37. The van der Waals surface area contributed by atoms with E-state index >= 15 is 0 Å². The van der Waals surface area contributed by atoms with Crippen molar-refractivity contribution >= 4 is 34.3 Å². The Morgan fingerprint density at radius 1 is 1.24 bits per heavy atom. The minimum Gasteiger partial charge on any atom is -0.325 e. The molecule has 2 atom stereocenters. The molecule has 29 heavy (non-hydrogen) atoms. The number of hydrogen-bond donors (Lipinski definition) is 1. The number of amides is 1. The van der Waals surface area contributed by atoms with Crippen molar-refractivity contribution in [1.29, 1.82) is 0 Å². The Kier molecular flexibility index (Phi) is 6.37. The quantitative estimate of drug-likeness (QED) is 0.459. The Hall–Kier alpha value is -2.67. The van der Waals surface area contributed by atoms with Crippen molar-refractivity contribution in [2.45, 2.75) is 50.6 Å². The molecule has 0 saturated carbocycles. The van der Waals surface area contributed by atoms with E-state index in [0.29, 0.717) is 27.3 Å². The number of para-hydroxylation sites is 1. The number of nitrogens with zero attached hydrogens (tertiary/aromatic N) is 2. The number of nitrogens with one attached hydrogen (secondary N) is 1. The van der Waals surface area contributed by atoms with Gasteiger partial charge in [-0.05, 0) is 57.0 Å². The number of aromatic nitrogens is 2.